The predicted molar refractivity (Wildman–Crippen MR) is 69.9 cm³/mol. The summed E-state index contributed by atoms with van der Waals surface area (Å²) in [4.78, 5) is 12.2. The Morgan fingerprint density at radius 2 is 1.57 bits per heavy atom. The average Bonchev–Trinajstić information content (AvgIpc) is 2.59. The molecule has 23 heavy (non-hydrogen) atoms. The topological polar surface area (TPSA) is 208 Å². The number of aliphatic hydroxyl groups is 9. The van der Waals surface area contributed by atoms with Crippen molar-refractivity contribution in [3.63, 3.8) is 0 Å². The van der Waals surface area contributed by atoms with Crippen LogP contribution >= 0.6 is 0 Å². The molecule has 11 nitrogen and oxygen atoms in total. The zero-order valence-corrected chi connectivity index (χ0v) is 11.9. The van der Waals surface area contributed by atoms with E-state index in [9.17, 15) is 40.5 Å². The van der Waals surface area contributed by atoms with Gasteiger partial charge in [-0.05, 0) is 0 Å². The summed E-state index contributed by atoms with van der Waals surface area (Å²) in [6.07, 6.45) is -19.9. The molecular weight excluding hydrogens is 320 g/mol. The van der Waals surface area contributed by atoms with E-state index < -0.39 is 73.9 Å². The lowest BCUT2D eigenvalue weighted by molar-refractivity contribution is -0.231. The summed E-state index contributed by atoms with van der Waals surface area (Å²) in [5.74, 6) is -1.70. The van der Waals surface area contributed by atoms with E-state index in [1.54, 1.807) is 0 Å². The Kier molecular flexibility index (Phi) is 6.79. The Morgan fingerprint density at radius 3 is 2.04 bits per heavy atom. The molecule has 1 aliphatic heterocycles. The Balaban J connectivity index is 3.02. The lowest BCUT2D eigenvalue weighted by Crippen LogP contribution is -2.63. The minimum absolute atomic E-state index is 0.927. The molecule has 1 rings (SSSR count). The Hall–Kier alpha value is -0.730. The molecule has 11 heteroatoms. The van der Waals surface area contributed by atoms with Gasteiger partial charge in [0.1, 0.15) is 54.9 Å². The highest BCUT2D eigenvalue weighted by Crippen LogP contribution is 2.23. The van der Waals surface area contributed by atoms with Crippen LogP contribution in [0.5, 0.6) is 0 Å². The molecule has 9 N–H and O–H groups in total. The highest BCUT2D eigenvalue weighted by Gasteiger charge is 2.49. The molecule has 1 unspecified atom stereocenters. The van der Waals surface area contributed by atoms with Crippen LogP contribution in [-0.2, 0) is 9.53 Å². The minimum atomic E-state index is -3.07. The molecule has 136 valence electrons. The van der Waals surface area contributed by atoms with Gasteiger partial charge in [0.05, 0.1) is 14.6 Å². The first kappa shape index (κ1) is 18.6. The highest BCUT2D eigenvalue weighted by atomic mass is 16.5. The molecule has 0 radical (unpaired) electrons. The molecule has 0 spiro atoms. The SMILES string of the molecule is [2H]C1(C(=O)[C@H](O)[C@@H](O)[C@@H](O)[C@H](O)CO)O[C@H](CO)[C@H](O)[C@H](O)[C@H]1O. The molecule has 0 amide bonds. The van der Waals surface area contributed by atoms with Crippen LogP contribution in [0.4, 0.5) is 0 Å². The average molecular weight is 343 g/mol. The number of hydrogen-bond donors (Lipinski definition) is 9. The van der Waals surface area contributed by atoms with Crippen molar-refractivity contribution in [2.45, 2.75) is 54.9 Å². The van der Waals surface area contributed by atoms with Crippen molar-refractivity contribution in [1.29, 1.82) is 0 Å². The normalized spacial score (nSPS) is 40.8. The zero-order chi connectivity index (χ0) is 18.8. The third-order valence-electron chi connectivity index (χ3n) is 3.55. The van der Waals surface area contributed by atoms with E-state index in [1.165, 1.54) is 0 Å². The lowest BCUT2D eigenvalue weighted by Gasteiger charge is -2.40. The fourth-order valence-electron chi connectivity index (χ4n) is 2.04. The summed E-state index contributed by atoms with van der Waals surface area (Å²) in [5.41, 5.74) is 0. The van der Waals surface area contributed by atoms with Gasteiger partial charge in [-0.15, -0.1) is 0 Å². The fraction of sp³-hybridized carbons (Fsp3) is 0.917. The molecule has 0 saturated carbocycles. The summed E-state index contributed by atoms with van der Waals surface area (Å²) in [6.45, 7) is -1.93. The second kappa shape index (κ2) is 8.39. The van der Waals surface area contributed by atoms with E-state index in [-0.39, 0.29) is 0 Å². The number of aliphatic hydroxyl groups excluding tert-OH is 9. The van der Waals surface area contributed by atoms with E-state index in [0.29, 0.717) is 0 Å². The number of Topliss-reactive ketones (excluding diaryl/α,β-unsaturated/α-hetero) is 1. The van der Waals surface area contributed by atoms with Gasteiger partial charge >= 0.3 is 0 Å². The Bertz CT molecular complexity index is 435. The first-order chi connectivity index (χ1) is 11.0. The molecule has 0 bridgehead atoms. The van der Waals surface area contributed by atoms with E-state index >= 15 is 0 Å². The summed E-state index contributed by atoms with van der Waals surface area (Å²) >= 11 is 0. The van der Waals surface area contributed by atoms with Crippen molar-refractivity contribution in [2.24, 2.45) is 0 Å². The standard InChI is InChI=1S/C12H22O11/c13-1-3(15)5(16)7(18)9(20)11(22)12-10(21)8(19)6(17)4(2-14)23-12/h3-10,12-21H,1-2H2/t3-,4-,5+,6+,7+,8+,9-,10-,12?/m1/s1/i12D. The van der Waals surface area contributed by atoms with Crippen molar-refractivity contribution >= 4 is 5.78 Å². The lowest BCUT2D eigenvalue weighted by atomic mass is 9.89. The smallest absolute Gasteiger partial charge is 0.195 e. The van der Waals surface area contributed by atoms with E-state index in [4.69, 9.17) is 16.3 Å². The van der Waals surface area contributed by atoms with Crippen LogP contribution in [0.1, 0.15) is 1.37 Å². The first-order valence-corrected chi connectivity index (χ1v) is 6.73. The monoisotopic (exact) mass is 343 g/mol. The van der Waals surface area contributed by atoms with Gasteiger partial charge in [0, 0.05) is 0 Å². The van der Waals surface area contributed by atoms with E-state index in [1.807, 2.05) is 0 Å². The molecule has 9 atom stereocenters. The molecule has 1 fully saturated rings. The number of carbonyl (C=O) groups is 1. The maximum absolute atomic E-state index is 12.2. The predicted octanol–water partition coefficient (Wildman–Crippen LogP) is -6.17. The van der Waals surface area contributed by atoms with Gasteiger partial charge in [-0.25, -0.2) is 0 Å². The summed E-state index contributed by atoms with van der Waals surface area (Å²) < 4.78 is 12.6. The van der Waals surface area contributed by atoms with Gasteiger partial charge in [0.2, 0.25) is 0 Å². The zero-order valence-electron chi connectivity index (χ0n) is 12.9. The maximum Gasteiger partial charge on any atom is 0.195 e. The number of rotatable bonds is 7. The molecule has 1 aliphatic rings. The molecule has 0 aromatic heterocycles. The van der Waals surface area contributed by atoms with Crippen molar-refractivity contribution in [2.75, 3.05) is 13.2 Å². The van der Waals surface area contributed by atoms with E-state index in [0.717, 1.165) is 0 Å². The molecule has 0 aromatic carbocycles. The van der Waals surface area contributed by atoms with Gasteiger partial charge in [0.15, 0.2) is 5.78 Å². The van der Waals surface area contributed by atoms with Crippen molar-refractivity contribution in [3.05, 3.63) is 0 Å². The summed E-state index contributed by atoms with van der Waals surface area (Å²) in [7, 11) is 0. The molecule has 0 aromatic rings. The van der Waals surface area contributed by atoms with Gasteiger partial charge in [-0.1, -0.05) is 0 Å². The van der Waals surface area contributed by atoms with Crippen LogP contribution in [0, 0.1) is 0 Å². The quantitative estimate of drug-likeness (QED) is 0.212. The highest BCUT2D eigenvalue weighted by molar-refractivity contribution is 5.88. The fourth-order valence-corrected chi connectivity index (χ4v) is 2.04. The van der Waals surface area contributed by atoms with Crippen LogP contribution in [0.25, 0.3) is 0 Å². The molecule has 1 heterocycles. The number of carbonyl (C=O) groups excluding carboxylic acids is 1. The van der Waals surface area contributed by atoms with Gasteiger partial charge < -0.3 is 50.7 Å². The van der Waals surface area contributed by atoms with Crippen molar-refractivity contribution in [3.8, 4) is 0 Å². The summed E-state index contributed by atoms with van der Waals surface area (Å²) in [6, 6.07) is 0. The Labute approximate surface area is 132 Å². The van der Waals surface area contributed by atoms with Crippen LogP contribution in [0.15, 0.2) is 0 Å². The maximum atomic E-state index is 12.2. The van der Waals surface area contributed by atoms with Crippen LogP contribution in [0.3, 0.4) is 0 Å². The van der Waals surface area contributed by atoms with Crippen molar-refractivity contribution in [1.82, 2.24) is 0 Å². The third-order valence-corrected chi connectivity index (χ3v) is 3.55. The summed E-state index contributed by atoms with van der Waals surface area (Å²) in [5, 5.41) is 84.8. The van der Waals surface area contributed by atoms with Crippen LogP contribution < -0.4 is 0 Å². The van der Waals surface area contributed by atoms with Crippen LogP contribution in [0.2, 0.25) is 0 Å². The second-order valence-electron chi connectivity index (χ2n) is 5.17. The number of ether oxygens (including phenoxy) is 1. The Morgan fingerprint density at radius 1 is 1.00 bits per heavy atom. The molecular formula is C12H22O11. The van der Waals surface area contributed by atoms with E-state index in [2.05, 4.69) is 0 Å². The van der Waals surface area contributed by atoms with Gasteiger partial charge in [0.25, 0.3) is 0 Å². The number of hydrogen-bond acceptors (Lipinski definition) is 11. The largest absolute Gasteiger partial charge is 0.394 e. The van der Waals surface area contributed by atoms with Gasteiger partial charge in [-0.3, -0.25) is 4.79 Å². The van der Waals surface area contributed by atoms with Gasteiger partial charge in [-0.2, -0.15) is 0 Å². The van der Waals surface area contributed by atoms with Crippen LogP contribution in [-0.4, -0.2) is 120 Å². The van der Waals surface area contributed by atoms with Crippen molar-refractivity contribution < 1.29 is 56.9 Å². The minimum Gasteiger partial charge on any atom is -0.394 e. The number of ketones is 1. The molecule has 1 saturated heterocycles. The second-order valence-corrected chi connectivity index (χ2v) is 5.17. The molecule has 0 aliphatic carbocycles. The first-order valence-electron chi connectivity index (χ1n) is 7.23. The third kappa shape index (κ3) is 4.22.